The zero-order valence-corrected chi connectivity index (χ0v) is 12.8. The number of para-hydroxylation sites is 1. The lowest BCUT2D eigenvalue weighted by Crippen LogP contribution is -2.38. The van der Waals surface area contributed by atoms with Crippen molar-refractivity contribution >= 4 is 11.8 Å². The Kier molecular flexibility index (Phi) is 6.49. The van der Waals surface area contributed by atoms with Crippen molar-refractivity contribution in [3.63, 3.8) is 0 Å². The monoisotopic (exact) mass is 274 g/mol. The molecule has 0 bridgehead atoms. The van der Waals surface area contributed by atoms with Gasteiger partial charge in [-0.1, -0.05) is 37.4 Å². The van der Waals surface area contributed by atoms with Crippen LogP contribution >= 0.6 is 0 Å². The Labute approximate surface area is 122 Å². The molecule has 0 spiro atoms. The van der Waals surface area contributed by atoms with E-state index in [2.05, 4.69) is 32.2 Å². The standard InChI is InChI=1S/C17H26N2O/c1-6-15-10-7-8-11-16(15)19(17(20)14(2)3)13-9-12-18(4)5/h6-8,10-11,17,20H,1-2,9,12-13H2,3-5H3. The van der Waals surface area contributed by atoms with Crippen molar-refractivity contribution in [3.05, 3.63) is 48.6 Å². The van der Waals surface area contributed by atoms with Crippen molar-refractivity contribution in [2.75, 3.05) is 32.1 Å². The van der Waals surface area contributed by atoms with E-state index < -0.39 is 6.23 Å². The average molecular weight is 274 g/mol. The van der Waals surface area contributed by atoms with Crippen molar-refractivity contribution in [3.8, 4) is 0 Å². The summed E-state index contributed by atoms with van der Waals surface area (Å²) >= 11 is 0. The summed E-state index contributed by atoms with van der Waals surface area (Å²) in [4.78, 5) is 4.13. The molecule has 110 valence electrons. The first-order valence-corrected chi connectivity index (χ1v) is 6.93. The Morgan fingerprint density at radius 1 is 1.30 bits per heavy atom. The highest BCUT2D eigenvalue weighted by atomic mass is 16.3. The van der Waals surface area contributed by atoms with Gasteiger partial charge in [0.2, 0.25) is 0 Å². The van der Waals surface area contributed by atoms with Gasteiger partial charge in [-0.15, -0.1) is 0 Å². The number of nitrogens with zero attached hydrogens (tertiary/aromatic N) is 2. The number of anilines is 1. The van der Waals surface area contributed by atoms with Gasteiger partial charge in [0.1, 0.15) is 6.23 Å². The fourth-order valence-electron chi connectivity index (χ4n) is 2.12. The minimum absolute atomic E-state index is 0.668. The summed E-state index contributed by atoms with van der Waals surface area (Å²) < 4.78 is 0. The van der Waals surface area contributed by atoms with Crippen LogP contribution in [0.2, 0.25) is 0 Å². The lowest BCUT2D eigenvalue weighted by Gasteiger charge is -2.32. The van der Waals surface area contributed by atoms with Crippen LogP contribution in [0.4, 0.5) is 5.69 Å². The van der Waals surface area contributed by atoms with E-state index in [-0.39, 0.29) is 0 Å². The molecule has 0 heterocycles. The molecule has 0 aliphatic rings. The molecule has 1 aromatic rings. The molecule has 1 rings (SSSR count). The highest BCUT2D eigenvalue weighted by Gasteiger charge is 2.18. The first-order chi connectivity index (χ1) is 9.47. The van der Waals surface area contributed by atoms with E-state index in [1.807, 2.05) is 42.2 Å². The fraction of sp³-hybridized carbons (Fsp3) is 0.412. The van der Waals surface area contributed by atoms with E-state index in [4.69, 9.17) is 0 Å². The molecule has 1 unspecified atom stereocenters. The van der Waals surface area contributed by atoms with E-state index >= 15 is 0 Å². The van der Waals surface area contributed by atoms with Crippen LogP contribution in [0.1, 0.15) is 18.9 Å². The van der Waals surface area contributed by atoms with Gasteiger partial charge in [-0.3, -0.25) is 0 Å². The van der Waals surface area contributed by atoms with Crippen molar-refractivity contribution in [1.82, 2.24) is 4.90 Å². The summed E-state index contributed by atoms with van der Waals surface area (Å²) in [5, 5.41) is 10.4. The second-order valence-corrected chi connectivity index (χ2v) is 5.33. The summed E-state index contributed by atoms with van der Waals surface area (Å²) in [5.74, 6) is 0. The van der Waals surface area contributed by atoms with Crippen LogP contribution in [0.25, 0.3) is 6.08 Å². The van der Waals surface area contributed by atoms with E-state index in [0.29, 0.717) is 0 Å². The first-order valence-electron chi connectivity index (χ1n) is 6.93. The van der Waals surface area contributed by atoms with Crippen LogP contribution in [-0.2, 0) is 0 Å². The third kappa shape index (κ3) is 4.51. The van der Waals surface area contributed by atoms with Gasteiger partial charge < -0.3 is 14.9 Å². The molecule has 0 saturated heterocycles. The average Bonchev–Trinajstić information content (AvgIpc) is 2.42. The van der Waals surface area contributed by atoms with E-state index in [1.54, 1.807) is 0 Å². The third-order valence-corrected chi connectivity index (χ3v) is 3.21. The second kappa shape index (κ2) is 7.88. The maximum Gasteiger partial charge on any atom is 0.148 e. The Morgan fingerprint density at radius 3 is 2.50 bits per heavy atom. The molecule has 1 aromatic carbocycles. The van der Waals surface area contributed by atoms with Gasteiger partial charge in [-0.05, 0) is 51.2 Å². The molecule has 20 heavy (non-hydrogen) atoms. The molecule has 3 nitrogen and oxygen atoms in total. The molecule has 0 aliphatic carbocycles. The Morgan fingerprint density at radius 2 is 1.95 bits per heavy atom. The first kappa shape index (κ1) is 16.5. The lowest BCUT2D eigenvalue weighted by molar-refractivity contribution is 0.202. The van der Waals surface area contributed by atoms with Crippen molar-refractivity contribution < 1.29 is 5.11 Å². The Hall–Kier alpha value is -1.58. The van der Waals surface area contributed by atoms with Gasteiger partial charge in [0.05, 0.1) is 0 Å². The van der Waals surface area contributed by atoms with Crippen LogP contribution in [0.5, 0.6) is 0 Å². The highest BCUT2D eigenvalue weighted by molar-refractivity contribution is 5.67. The van der Waals surface area contributed by atoms with Crippen molar-refractivity contribution in [2.45, 2.75) is 19.6 Å². The highest BCUT2D eigenvalue weighted by Crippen LogP contribution is 2.25. The quantitative estimate of drug-likeness (QED) is 0.583. The third-order valence-electron chi connectivity index (χ3n) is 3.21. The van der Waals surface area contributed by atoms with E-state index in [0.717, 1.165) is 36.3 Å². The zero-order valence-electron chi connectivity index (χ0n) is 12.8. The minimum Gasteiger partial charge on any atom is -0.370 e. The fourth-order valence-corrected chi connectivity index (χ4v) is 2.12. The SMILES string of the molecule is C=Cc1ccccc1N(CCCN(C)C)C(O)C(=C)C. The number of rotatable bonds is 8. The molecule has 0 fully saturated rings. The molecule has 0 amide bonds. The molecule has 1 N–H and O–H groups in total. The van der Waals surface area contributed by atoms with Gasteiger partial charge >= 0.3 is 0 Å². The van der Waals surface area contributed by atoms with Crippen LogP contribution in [0.15, 0.2) is 43.0 Å². The molecular formula is C17H26N2O. The van der Waals surface area contributed by atoms with Gasteiger partial charge in [-0.2, -0.15) is 0 Å². The summed E-state index contributed by atoms with van der Waals surface area (Å²) in [6, 6.07) is 7.98. The molecule has 0 aromatic heterocycles. The number of hydrogen-bond donors (Lipinski definition) is 1. The van der Waals surface area contributed by atoms with Gasteiger partial charge in [0.15, 0.2) is 0 Å². The second-order valence-electron chi connectivity index (χ2n) is 5.33. The summed E-state index contributed by atoms with van der Waals surface area (Å²) in [6.45, 7) is 11.3. The topological polar surface area (TPSA) is 26.7 Å². The maximum absolute atomic E-state index is 10.4. The van der Waals surface area contributed by atoms with Crippen LogP contribution in [0.3, 0.4) is 0 Å². The summed E-state index contributed by atoms with van der Waals surface area (Å²) in [7, 11) is 4.11. The molecule has 0 saturated carbocycles. The predicted molar refractivity (Wildman–Crippen MR) is 87.9 cm³/mol. The largest absolute Gasteiger partial charge is 0.370 e. The molecular weight excluding hydrogens is 248 g/mol. The minimum atomic E-state index is -0.668. The van der Waals surface area contributed by atoms with Gasteiger partial charge in [-0.25, -0.2) is 0 Å². The molecule has 1 atom stereocenters. The van der Waals surface area contributed by atoms with Crippen LogP contribution < -0.4 is 4.90 Å². The Bertz CT molecular complexity index is 454. The maximum atomic E-state index is 10.4. The van der Waals surface area contributed by atoms with E-state index in [9.17, 15) is 5.11 Å². The number of hydrogen-bond acceptors (Lipinski definition) is 3. The van der Waals surface area contributed by atoms with Gasteiger partial charge in [0.25, 0.3) is 0 Å². The normalized spacial score (nSPS) is 12.2. The molecule has 0 radical (unpaired) electrons. The van der Waals surface area contributed by atoms with Crippen molar-refractivity contribution in [1.29, 1.82) is 0 Å². The number of benzene rings is 1. The van der Waals surface area contributed by atoms with Crippen LogP contribution in [-0.4, -0.2) is 43.4 Å². The smallest absolute Gasteiger partial charge is 0.148 e. The van der Waals surface area contributed by atoms with Gasteiger partial charge in [0, 0.05) is 12.2 Å². The Balaban J connectivity index is 2.97. The molecule has 0 aliphatic heterocycles. The predicted octanol–water partition coefficient (Wildman–Crippen LogP) is 2.98. The molecule has 3 heteroatoms. The summed E-state index contributed by atoms with van der Waals surface area (Å²) in [5.41, 5.74) is 2.77. The number of aliphatic hydroxyl groups is 1. The lowest BCUT2D eigenvalue weighted by atomic mass is 10.1. The number of aliphatic hydroxyl groups excluding tert-OH is 1. The summed E-state index contributed by atoms with van der Waals surface area (Å²) in [6.07, 6.45) is 2.13. The van der Waals surface area contributed by atoms with E-state index in [1.165, 1.54) is 0 Å². The van der Waals surface area contributed by atoms with Crippen molar-refractivity contribution in [2.24, 2.45) is 0 Å². The van der Waals surface area contributed by atoms with Crippen LogP contribution in [0, 0.1) is 0 Å². The zero-order chi connectivity index (χ0) is 15.1.